The minimum absolute atomic E-state index is 0.0376. The maximum atomic E-state index is 12.3. The SMILES string of the molecule is CC(C)(C)C(N)C(=O)N(CCCO)C1CCC1. The molecule has 0 aromatic heterocycles. The van der Waals surface area contributed by atoms with Gasteiger partial charge in [0, 0.05) is 19.2 Å². The molecule has 1 fully saturated rings. The number of hydrogen-bond donors (Lipinski definition) is 2. The fourth-order valence-electron chi connectivity index (χ4n) is 1.96. The molecule has 0 aromatic carbocycles. The van der Waals surface area contributed by atoms with E-state index in [0.717, 1.165) is 12.8 Å². The van der Waals surface area contributed by atoms with Crippen molar-refractivity contribution in [3.63, 3.8) is 0 Å². The van der Waals surface area contributed by atoms with E-state index in [1.807, 2.05) is 25.7 Å². The average Bonchev–Trinajstić information content (AvgIpc) is 2.17. The van der Waals surface area contributed by atoms with Crippen LogP contribution in [-0.4, -0.2) is 41.1 Å². The zero-order valence-corrected chi connectivity index (χ0v) is 11.3. The summed E-state index contributed by atoms with van der Waals surface area (Å²) in [5.74, 6) is 0.0376. The molecule has 0 saturated heterocycles. The minimum Gasteiger partial charge on any atom is -0.396 e. The van der Waals surface area contributed by atoms with Gasteiger partial charge in [-0.05, 0) is 31.1 Å². The molecule has 1 amide bonds. The fraction of sp³-hybridized carbons (Fsp3) is 0.923. The van der Waals surface area contributed by atoms with Gasteiger partial charge in [0.05, 0.1) is 6.04 Å². The third kappa shape index (κ3) is 3.68. The van der Waals surface area contributed by atoms with E-state index in [1.54, 1.807) is 0 Å². The van der Waals surface area contributed by atoms with Gasteiger partial charge in [0.15, 0.2) is 0 Å². The Morgan fingerprint density at radius 1 is 1.47 bits per heavy atom. The van der Waals surface area contributed by atoms with Gasteiger partial charge in [-0.3, -0.25) is 4.79 Å². The monoisotopic (exact) mass is 242 g/mol. The normalized spacial score (nSPS) is 18.6. The summed E-state index contributed by atoms with van der Waals surface area (Å²) in [7, 11) is 0. The van der Waals surface area contributed by atoms with Crippen molar-refractivity contribution in [1.29, 1.82) is 0 Å². The van der Waals surface area contributed by atoms with Gasteiger partial charge < -0.3 is 15.7 Å². The zero-order valence-electron chi connectivity index (χ0n) is 11.3. The second-order valence-electron chi connectivity index (χ2n) is 6.04. The van der Waals surface area contributed by atoms with Crippen LogP contribution in [0.15, 0.2) is 0 Å². The summed E-state index contributed by atoms with van der Waals surface area (Å²) in [4.78, 5) is 14.2. The summed E-state index contributed by atoms with van der Waals surface area (Å²) in [5.41, 5.74) is 5.82. The summed E-state index contributed by atoms with van der Waals surface area (Å²) in [6.07, 6.45) is 3.99. The first-order valence-corrected chi connectivity index (χ1v) is 6.55. The first-order valence-electron chi connectivity index (χ1n) is 6.55. The standard InChI is InChI=1S/C13H26N2O2/c1-13(2,3)11(14)12(17)15(8-5-9-16)10-6-4-7-10/h10-11,16H,4-9,14H2,1-3H3. The lowest BCUT2D eigenvalue weighted by molar-refractivity contribution is -0.139. The predicted octanol–water partition coefficient (Wildman–Crippen LogP) is 1.12. The van der Waals surface area contributed by atoms with E-state index in [2.05, 4.69) is 0 Å². The molecule has 0 aromatic rings. The number of carbonyl (C=O) groups is 1. The number of aliphatic hydroxyl groups excluding tert-OH is 1. The molecule has 4 heteroatoms. The maximum Gasteiger partial charge on any atom is 0.240 e. The second kappa shape index (κ2) is 5.83. The molecule has 0 heterocycles. The molecule has 0 aliphatic heterocycles. The number of aliphatic hydroxyl groups is 1. The molecule has 1 saturated carbocycles. The molecule has 0 bridgehead atoms. The highest BCUT2D eigenvalue weighted by Gasteiger charge is 2.35. The van der Waals surface area contributed by atoms with Crippen LogP contribution in [0.1, 0.15) is 46.5 Å². The number of hydrogen-bond acceptors (Lipinski definition) is 3. The molecule has 0 radical (unpaired) electrons. The van der Waals surface area contributed by atoms with E-state index in [1.165, 1.54) is 6.42 Å². The molecule has 1 unspecified atom stereocenters. The molecule has 17 heavy (non-hydrogen) atoms. The van der Waals surface area contributed by atoms with Crippen LogP contribution in [0, 0.1) is 5.41 Å². The molecule has 1 atom stereocenters. The van der Waals surface area contributed by atoms with Gasteiger partial charge in [-0.2, -0.15) is 0 Å². The van der Waals surface area contributed by atoms with E-state index in [-0.39, 0.29) is 17.9 Å². The van der Waals surface area contributed by atoms with Gasteiger partial charge in [-0.1, -0.05) is 20.8 Å². The van der Waals surface area contributed by atoms with Crippen LogP contribution >= 0.6 is 0 Å². The molecule has 1 aliphatic rings. The van der Waals surface area contributed by atoms with E-state index < -0.39 is 6.04 Å². The first kappa shape index (κ1) is 14.5. The number of amides is 1. The number of rotatable bonds is 5. The van der Waals surface area contributed by atoms with Crippen LogP contribution in [-0.2, 0) is 4.79 Å². The van der Waals surface area contributed by atoms with Crippen LogP contribution in [0.5, 0.6) is 0 Å². The highest BCUT2D eigenvalue weighted by atomic mass is 16.3. The highest BCUT2D eigenvalue weighted by molar-refractivity contribution is 5.82. The minimum atomic E-state index is -0.457. The smallest absolute Gasteiger partial charge is 0.240 e. The Balaban J connectivity index is 2.64. The van der Waals surface area contributed by atoms with Crippen molar-refractivity contribution >= 4 is 5.91 Å². The molecular formula is C13H26N2O2. The Kier molecular flexibility index (Phi) is 4.95. The van der Waals surface area contributed by atoms with Crippen molar-refractivity contribution in [1.82, 2.24) is 4.90 Å². The Morgan fingerprint density at radius 3 is 2.41 bits per heavy atom. The topological polar surface area (TPSA) is 66.6 Å². The van der Waals surface area contributed by atoms with Crippen LogP contribution in [0.3, 0.4) is 0 Å². The Morgan fingerprint density at radius 2 is 2.06 bits per heavy atom. The Bertz CT molecular complexity index is 257. The molecule has 3 N–H and O–H groups in total. The molecule has 100 valence electrons. The van der Waals surface area contributed by atoms with Crippen molar-refractivity contribution in [2.45, 2.75) is 58.5 Å². The first-order chi connectivity index (χ1) is 7.88. The lowest BCUT2D eigenvalue weighted by Gasteiger charge is -2.41. The lowest BCUT2D eigenvalue weighted by Crippen LogP contribution is -2.55. The summed E-state index contributed by atoms with van der Waals surface area (Å²) >= 11 is 0. The average molecular weight is 242 g/mol. The van der Waals surface area contributed by atoms with Gasteiger partial charge in [-0.25, -0.2) is 0 Å². The van der Waals surface area contributed by atoms with Crippen LogP contribution in [0.4, 0.5) is 0 Å². The predicted molar refractivity (Wildman–Crippen MR) is 68.5 cm³/mol. The van der Waals surface area contributed by atoms with Gasteiger partial charge in [-0.15, -0.1) is 0 Å². The number of nitrogens with two attached hydrogens (primary N) is 1. The van der Waals surface area contributed by atoms with Gasteiger partial charge in [0.25, 0.3) is 0 Å². The summed E-state index contributed by atoms with van der Waals surface area (Å²) < 4.78 is 0. The van der Waals surface area contributed by atoms with Crippen molar-refractivity contribution in [2.75, 3.05) is 13.2 Å². The van der Waals surface area contributed by atoms with Crippen molar-refractivity contribution < 1.29 is 9.90 Å². The largest absolute Gasteiger partial charge is 0.396 e. The Labute approximate surface area is 104 Å². The van der Waals surface area contributed by atoms with Crippen molar-refractivity contribution in [3.05, 3.63) is 0 Å². The molecular weight excluding hydrogens is 216 g/mol. The maximum absolute atomic E-state index is 12.3. The van der Waals surface area contributed by atoms with Crippen LogP contribution < -0.4 is 5.73 Å². The van der Waals surface area contributed by atoms with Crippen molar-refractivity contribution in [2.24, 2.45) is 11.1 Å². The summed E-state index contributed by atoms with van der Waals surface area (Å²) in [6.45, 7) is 6.72. The Hall–Kier alpha value is -0.610. The number of carbonyl (C=O) groups excluding carboxylic acids is 1. The second-order valence-corrected chi connectivity index (χ2v) is 6.04. The van der Waals surface area contributed by atoms with E-state index in [9.17, 15) is 4.79 Å². The molecule has 4 nitrogen and oxygen atoms in total. The van der Waals surface area contributed by atoms with Crippen molar-refractivity contribution in [3.8, 4) is 0 Å². The third-order valence-electron chi connectivity index (χ3n) is 3.55. The van der Waals surface area contributed by atoms with Gasteiger partial charge in [0.2, 0.25) is 5.91 Å². The van der Waals surface area contributed by atoms with E-state index >= 15 is 0 Å². The third-order valence-corrected chi connectivity index (χ3v) is 3.55. The molecule has 0 spiro atoms. The highest BCUT2D eigenvalue weighted by Crippen LogP contribution is 2.27. The summed E-state index contributed by atoms with van der Waals surface area (Å²) in [5, 5.41) is 8.90. The van der Waals surface area contributed by atoms with Gasteiger partial charge >= 0.3 is 0 Å². The van der Waals surface area contributed by atoms with Crippen LogP contribution in [0.2, 0.25) is 0 Å². The van der Waals surface area contributed by atoms with Gasteiger partial charge in [0.1, 0.15) is 0 Å². The molecule has 1 aliphatic carbocycles. The van der Waals surface area contributed by atoms with E-state index in [0.29, 0.717) is 19.0 Å². The summed E-state index contributed by atoms with van der Waals surface area (Å²) in [6, 6.07) is -0.107. The zero-order chi connectivity index (χ0) is 13.1. The fourth-order valence-corrected chi connectivity index (χ4v) is 1.96. The number of nitrogens with zero attached hydrogens (tertiary/aromatic N) is 1. The van der Waals surface area contributed by atoms with E-state index in [4.69, 9.17) is 10.8 Å². The quantitative estimate of drug-likeness (QED) is 0.759. The van der Waals surface area contributed by atoms with Crippen LogP contribution in [0.25, 0.3) is 0 Å². The lowest BCUT2D eigenvalue weighted by atomic mass is 9.84. The molecule has 1 rings (SSSR count).